The number of esters is 1. The molecule has 144 valence electrons. The minimum Gasteiger partial charge on any atom is -0.456 e. The molecular formula is C20H31NO4Si. The van der Waals surface area contributed by atoms with Crippen LogP contribution in [0.5, 0.6) is 0 Å². The summed E-state index contributed by atoms with van der Waals surface area (Å²) in [7, 11) is -2.02. The Morgan fingerprint density at radius 2 is 1.81 bits per heavy atom. The minimum atomic E-state index is -2.02. The first kappa shape index (κ1) is 22.1. The molecule has 26 heavy (non-hydrogen) atoms. The molecule has 0 radical (unpaired) electrons. The fourth-order valence-electron chi connectivity index (χ4n) is 2.06. The zero-order valence-corrected chi connectivity index (χ0v) is 17.7. The highest BCUT2D eigenvalue weighted by Gasteiger charge is 2.38. The quantitative estimate of drug-likeness (QED) is 0.424. The number of amides is 1. The second-order valence-corrected chi connectivity index (χ2v) is 12.6. The summed E-state index contributed by atoms with van der Waals surface area (Å²) in [5.41, 5.74) is 0.537. The molecule has 0 saturated carbocycles. The van der Waals surface area contributed by atoms with E-state index in [1.54, 1.807) is 24.3 Å². The first-order chi connectivity index (χ1) is 12.0. The summed E-state index contributed by atoms with van der Waals surface area (Å²) in [4.78, 5) is 24.0. The standard InChI is InChI=1S/C20H31NO4Si/c1-8-18(25-15(2)22)17(14-24-26(6,7)20(3,4)5)21-19(23)16-12-10-9-11-13-16/h8-13,17-18H,1,14H2,2-7H3,(H,21,23)/t17-,18-/m0/s1. The van der Waals surface area contributed by atoms with Crippen molar-refractivity contribution in [3.05, 3.63) is 48.6 Å². The zero-order valence-electron chi connectivity index (χ0n) is 16.7. The molecule has 0 unspecified atom stereocenters. The molecule has 0 saturated heterocycles. The van der Waals surface area contributed by atoms with Crippen molar-refractivity contribution in [3.63, 3.8) is 0 Å². The Morgan fingerprint density at radius 3 is 2.27 bits per heavy atom. The number of carbonyl (C=O) groups excluding carboxylic acids is 2. The van der Waals surface area contributed by atoms with Crippen molar-refractivity contribution in [2.75, 3.05) is 6.61 Å². The van der Waals surface area contributed by atoms with Gasteiger partial charge in [-0.15, -0.1) is 0 Å². The summed E-state index contributed by atoms with van der Waals surface area (Å²) in [5, 5.41) is 2.96. The van der Waals surface area contributed by atoms with Crippen molar-refractivity contribution >= 4 is 20.2 Å². The first-order valence-electron chi connectivity index (χ1n) is 8.77. The fraction of sp³-hybridized carbons (Fsp3) is 0.500. The zero-order chi connectivity index (χ0) is 20.0. The molecule has 0 aliphatic rings. The lowest BCUT2D eigenvalue weighted by molar-refractivity contribution is -0.145. The van der Waals surface area contributed by atoms with Gasteiger partial charge in [-0.1, -0.05) is 45.5 Å². The van der Waals surface area contributed by atoms with Crippen molar-refractivity contribution in [2.24, 2.45) is 0 Å². The largest absolute Gasteiger partial charge is 0.456 e. The molecule has 0 aliphatic carbocycles. The molecule has 1 rings (SSSR count). The van der Waals surface area contributed by atoms with Gasteiger partial charge in [-0.05, 0) is 36.3 Å². The van der Waals surface area contributed by atoms with Crippen LogP contribution in [0.15, 0.2) is 43.0 Å². The van der Waals surface area contributed by atoms with Crippen LogP contribution in [0.25, 0.3) is 0 Å². The summed E-state index contributed by atoms with van der Waals surface area (Å²) >= 11 is 0. The maximum Gasteiger partial charge on any atom is 0.303 e. The highest BCUT2D eigenvalue weighted by atomic mass is 28.4. The number of hydrogen-bond donors (Lipinski definition) is 1. The van der Waals surface area contributed by atoms with Crippen LogP contribution in [0, 0.1) is 0 Å². The van der Waals surface area contributed by atoms with E-state index in [4.69, 9.17) is 9.16 Å². The summed E-state index contributed by atoms with van der Waals surface area (Å²) in [6.07, 6.45) is 0.858. The summed E-state index contributed by atoms with van der Waals surface area (Å²) in [6, 6.07) is 8.39. The van der Waals surface area contributed by atoms with Gasteiger partial charge in [0.25, 0.3) is 5.91 Å². The fourth-order valence-corrected chi connectivity index (χ4v) is 3.09. The third kappa shape index (κ3) is 6.42. The first-order valence-corrected chi connectivity index (χ1v) is 11.7. The molecule has 0 spiro atoms. The van der Waals surface area contributed by atoms with Crippen molar-refractivity contribution in [3.8, 4) is 0 Å². The Labute approximate surface area is 157 Å². The predicted molar refractivity (Wildman–Crippen MR) is 107 cm³/mol. The van der Waals surface area contributed by atoms with Crippen LogP contribution in [-0.2, 0) is 14.0 Å². The molecule has 1 aromatic carbocycles. The molecular weight excluding hydrogens is 346 g/mol. The van der Waals surface area contributed by atoms with E-state index in [-0.39, 0.29) is 17.6 Å². The van der Waals surface area contributed by atoms with Crippen molar-refractivity contribution in [1.29, 1.82) is 0 Å². The number of rotatable bonds is 8. The Balaban J connectivity index is 2.96. The van der Waals surface area contributed by atoms with Gasteiger partial charge in [-0.25, -0.2) is 0 Å². The Morgan fingerprint density at radius 1 is 1.23 bits per heavy atom. The summed E-state index contributed by atoms with van der Waals surface area (Å²) < 4.78 is 11.6. The van der Waals surface area contributed by atoms with Gasteiger partial charge in [0.15, 0.2) is 8.32 Å². The Kier molecular flexibility index (Phi) is 7.78. The third-order valence-electron chi connectivity index (χ3n) is 4.71. The second kappa shape index (κ2) is 9.14. The van der Waals surface area contributed by atoms with E-state index in [1.807, 2.05) is 6.07 Å². The van der Waals surface area contributed by atoms with Gasteiger partial charge in [-0.2, -0.15) is 0 Å². The predicted octanol–water partition coefficient (Wildman–Crippen LogP) is 3.92. The van der Waals surface area contributed by atoms with Gasteiger partial charge in [0, 0.05) is 12.5 Å². The summed E-state index contributed by atoms with van der Waals surface area (Å²) in [5.74, 6) is -0.672. The number of nitrogens with one attached hydrogen (secondary N) is 1. The van der Waals surface area contributed by atoms with Crippen molar-refractivity contribution < 1.29 is 18.8 Å². The Bertz CT molecular complexity index is 622. The average Bonchev–Trinajstić information content (AvgIpc) is 2.56. The van der Waals surface area contributed by atoms with E-state index in [1.165, 1.54) is 13.0 Å². The molecule has 1 aromatic rings. The highest BCUT2D eigenvalue weighted by molar-refractivity contribution is 6.74. The van der Waals surface area contributed by atoms with Crippen LogP contribution in [0.2, 0.25) is 18.1 Å². The van der Waals surface area contributed by atoms with Gasteiger partial charge >= 0.3 is 5.97 Å². The molecule has 0 aliphatic heterocycles. The van der Waals surface area contributed by atoms with Crippen LogP contribution in [-0.4, -0.2) is 38.9 Å². The third-order valence-corrected chi connectivity index (χ3v) is 9.21. The molecule has 0 heterocycles. The highest BCUT2D eigenvalue weighted by Crippen LogP contribution is 2.36. The van der Waals surface area contributed by atoms with Crippen LogP contribution in [0.4, 0.5) is 0 Å². The smallest absolute Gasteiger partial charge is 0.303 e. The van der Waals surface area contributed by atoms with E-state index in [0.717, 1.165) is 0 Å². The molecule has 1 amide bonds. The molecule has 5 nitrogen and oxygen atoms in total. The van der Waals surface area contributed by atoms with Gasteiger partial charge < -0.3 is 14.5 Å². The number of benzene rings is 1. The van der Waals surface area contributed by atoms with Crippen molar-refractivity contribution in [1.82, 2.24) is 5.32 Å². The van der Waals surface area contributed by atoms with Gasteiger partial charge in [-0.3, -0.25) is 9.59 Å². The van der Waals surface area contributed by atoms with Crippen LogP contribution < -0.4 is 5.32 Å². The Hall–Kier alpha value is -1.92. The maximum absolute atomic E-state index is 12.6. The number of carbonyl (C=O) groups is 2. The molecule has 1 N–H and O–H groups in total. The number of ether oxygens (including phenoxy) is 1. The monoisotopic (exact) mass is 377 g/mol. The molecule has 0 aromatic heterocycles. The van der Waals surface area contributed by atoms with Crippen LogP contribution >= 0.6 is 0 Å². The van der Waals surface area contributed by atoms with Crippen LogP contribution in [0.3, 0.4) is 0 Å². The number of hydrogen-bond acceptors (Lipinski definition) is 4. The maximum atomic E-state index is 12.6. The van der Waals surface area contributed by atoms with Crippen LogP contribution in [0.1, 0.15) is 38.1 Å². The van der Waals surface area contributed by atoms with E-state index >= 15 is 0 Å². The van der Waals surface area contributed by atoms with E-state index in [2.05, 4.69) is 45.8 Å². The van der Waals surface area contributed by atoms with Gasteiger partial charge in [0.1, 0.15) is 6.10 Å². The van der Waals surface area contributed by atoms with E-state index < -0.39 is 26.4 Å². The normalized spacial score (nSPS) is 14.2. The lowest BCUT2D eigenvalue weighted by Gasteiger charge is -2.38. The molecule has 0 bridgehead atoms. The molecule has 2 atom stereocenters. The van der Waals surface area contributed by atoms with E-state index in [0.29, 0.717) is 5.56 Å². The summed E-state index contributed by atoms with van der Waals surface area (Å²) in [6.45, 7) is 16.0. The lowest BCUT2D eigenvalue weighted by atomic mass is 10.1. The molecule has 6 heteroatoms. The average molecular weight is 378 g/mol. The van der Waals surface area contributed by atoms with Gasteiger partial charge in [0.2, 0.25) is 0 Å². The van der Waals surface area contributed by atoms with E-state index in [9.17, 15) is 9.59 Å². The minimum absolute atomic E-state index is 0.0338. The lowest BCUT2D eigenvalue weighted by Crippen LogP contribution is -2.51. The van der Waals surface area contributed by atoms with Gasteiger partial charge in [0.05, 0.1) is 12.6 Å². The topological polar surface area (TPSA) is 64.6 Å². The van der Waals surface area contributed by atoms with Crippen molar-refractivity contribution in [2.45, 2.75) is 58.0 Å². The SMILES string of the molecule is C=C[C@H](OC(C)=O)[C@H](CO[Si](C)(C)C(C)(C)C)NC(=O)c1ccccc1. The second-order valence-electron chi connectivity index (χ2n) is 7.83. The molecule has 0 fully saturated rings.